The number of para-hydroxylation sites is 1. The molecular formula is C12H14N2O5S. The number of benzene rings is 1. The predicted molar refractivity (Wildman–Crippen MR) is 71.6 cm³/mol. The first-order valence-corrected chi connectivity index (χ1v) is 7.33. The molecule has 20 heavy (non-hydrogen) atoms. The minimum atomic E-state index is -4.18. The van der Waals surface area contributed by atoms with Crippen molar-refractivity contribution in [3.8, 4) is 0 Å². The summed E-state index contributed by atoms with van der Waals surface area (Å²) in [5.74, 6) is -1.93. The van der Waals surface area contributed by atoms with Crippen molar-refractivity contribution in [1.29, 1.82) is 0 Å². The number of rotatable bonds is 3. The van der Waals surface area contributed by atoms with Crippen LogP contribution < -0.4 is 4.31 Å². The molecule has 0 aliphatic carbocycles. The number of amides is 1. The lowest BCUT2D eigenvalue weighted by Gasteiger charge is -2.37. The monoisotopic (exact) mass is 298 g/mol. The van der Waals surface area contributed by atoms with E-state index in [0.717, 1.165) is 4.31 Å². The summed E-state index contributed by atoms with van der Waals surface area (Å²) in [6, 6.07) is 5.47. The number of nitrogens with zero attached hydrogens (tertiary/aromatic N) is 2. The lowest BCUT2D eigenvalue weighted by atomic mass is 10.1. The second-order valence-corrected chi connectivity index (χ2v) is 6.35. The van der Waals surface area contributed by atoms with Crippen LogP contribution in [0.3, 0.4) is 0 Å². The van der Waals surface area contributed by atoms with Gasteiger partial charge in [0, 0.05) is 6.04 Å². The molecule has 0 saturated heterocycles. The van der Waals surface area contributed by atoms with Crippen LogP contribution in [-0.2, 0) is 15.0 Å². The number of hydrogen-bond acceptors (Lipinski definition) is 4. The first-order valence-electron chi connectivity index (χ1n) is 5.94. The van der Waals surface area contributed by atoms with Crippen molar-refractivity contribution >= 4 is 27.8 Å². The molecule has 0 atom stereocenters. The summed E-state index contributed by atoms with van der Waals surface area (Å²) in [5, 5.41) is 8.90. The summed E-state index contributed by atoms with van der Waals surface area (Å²) < 4.78 is 26.3. The number of carbonyl (C=O) groups excluding carboxylic acids is 1. The summed E-state index contributed by atoms with van der Waals surface area (Å²) in [6.07, 6.45) is 0. The minimum Gasteiger partial charge on any atom is -0.480 e. The summed E-state index contributed by atoms with van der Waals surface area (Å²) in [5.41, 5.74) is 0.272. The molecule has 1 aromatic rings. The second-order valence-electron chi connectivity index (χ2n) is 4.62. The van der Waals surface area contributed by atoms with Crippen molar-refractivity contribution < 1.29 is 23.1 Å². The molecule has 1 heterocycles. The Hall–Kier alpha value is -2.09. The molecule has 1 aromatic carbocycles. The van der Waals surface area contributed by atoms with E-state index in [-0.39, 0.29) is 11.3 Å². The Morgan fingerprint density at radius 3 is 2.45 bits per heavy atom. The number of aliphatic carboxylic acids is 1. The van der Waals surface area contributed by atoms with Crippen molar-refractivity contribution in [3.05, 3.63) is 29.8 Å². The molecule has 0 saturated carbocycles. The zero-order valence-electron chi connectivity index (χ0n) is 11.0. The maximum atomic E-state index is 12.4. The van der Waals surface area contributed by atoms with E-state index in [2.05, 4.69) is 0 Å². The van der Waals surface area contributed by atoms with E-state index < -0.39 is 34.7 Å². The third-order valence-electron chi connectivity index (χ3n) is 2.88. The number of anilines is 1. The molecule has 1 amide bonds. The van der Waals surface area contributed by atoms with Crippen LogP contribution in [0.25, 0.3) is 0 Å². The summed E-state index contributed by atoms with van der Waals surface area (Å²) in [4.78, 5) is 23.2. The Morgan fingerprint density at radius 2 is 1.90 bits per heavy atom. The van der Waals surface area contributed by atoms with Crippen molar-refractivity contribution in [2.75, 3.05) is 10.8 Å². The largest absolute Gasteiger partial charge is 0.480 e. The Labute approximate surface area is 116 Å². The fraction of sp³-hybridized carbons (Fsp3) is 0.333. The predicted octanol–water partition coefficient (Wildman–Crippen LogP) is 0.687. The minimum absolute atomic E-state index is 0.0943. The van der Waals surface area contributed by atoms with Gasteiger partial charge in [-0.1, -0.05) is 12.1 Å². The van der Waals surface area contributed by atoms with Crippen LogP contribution in [0.2, 0.25) is 0 Å². The zero-order chi connectivity index (χ0) is 15.1. The quantitative estimate of drug-likeness (QED) is 0.885. The second kappa shape index (κ2) is 4.78. The van der Waals surface area contributed by atoms with Crippen LogP contribution in [-0.4, -0.2) is 42.3 Å². The van der Waals surface area contributed by atoms with Gasteiger partial charge >= 0.3 is 16.2 Å². The maximum absolute atomic E-state index is 12.4. The highest BCUT2D eigenvalue weighted by Gasteiger charge is 2.43. The molecule has 0 radical (unpaired) electrons. The van der Waals surface area contributed by atoms with Crippen molar-refractivity contribution in [2.24, 2.45) is 0 Å². The average molecular weight is 298 g/mol. The van der Waals surface area contributed by atoms with E-state index in [4.69, 9.17) is 5.11 Å². The van der Waals surface area contributed by atoms with Crippen LogP contribution in [0.1, 0.15) is 24.2 Å². The third kappa shape index (κ3) is 2.11. The van der Waals surface area contributed by atoms with Crippen LogP contribution in [0.15, 0.2) is 24.3 Å². The summed E-state index contributed by atoms with van der Waals surface area (Å²) in [6.45, 7) is 2.39. The molecule has 0 spiro atoms. The maximum Gasteiger partial charge on any atom is 0.329 e. The first-order chi connectivity index (χ1) is 9.26. The van der Waals surface area contributed by atoms with Gasteiger partial charge in [0.2, 0.25) is 0 Å². The highest BCUT2D eigenvalue weighted by Crippen LogP contribution is 2.32. The Kier molecular flexibility index (Phi) is 3.43. The molecule has 108 valence electrons. The van der Waals surface area contributed by atoms with Crippen molar-refractivity contribution in [1.82, 2.24) is 4.31 Å². The molecule has 1 aliphatic heterocycles. The molecule has 1 N–H and O–H groups in total. The zero-order valence-corrected chi connectivity index (χ0v) is 11.8. The third-order valence-corrected chi connectivity index (χ3v) is 4.85. The van der Waals surface area contributed by atoms with E-state index in [1.165, 1.54) is 12.1 Å². The van der Waals surface area contributed by atoms with Gasteiger partial charge in [0.25, 0.3) is 5.91 Å². The lowest BCUT2D eigenvalue weighted by molar-refractivity contribution is -0.135. The van der Waals surface area contributed by atoms with Crippen LogP contribution in [0.5, 0.6) is 0 Å². The molecule has 0 aromatic heterocycles. The smallest absolute Gasteiger partial charge is 0.329 e. The number of hydrogen-bond donors (Lipinski definition) is 1. The van der Waals surface area contributed by atoms with Gasteiger partial charge in [-0.2, -0.15) is 8.42 Å². The number of carbonyl (C=O) groups is 2. The van der Waals surface area contributed by atoms with Crippen LogP contribution in [0, 0.1) is 0 Å². The molecular weight excluding hydrogens is 284 g/mol. The molecule has 2 rings (SSSR count). The number of carboxylic acid groups (broad SMARTS) is 1. The Bertz CT molecular complexity index is 668. The molecule has 8 heteroatoms. The Morgan fingerprint density at radius 1 is 1.30 bits per heavy atom. The van der Waals surface area contributed by atoms with E-state index in [9.17, 15) is 18.0 Å². The highest BCUT2D eigenvalue weighted by molar-refractivity contribution is 7.91. The topological polar surface area (TPSA) is 95.0 Å². The fourth-order valence-corrected chi connectivity index (χ4v) is 3.85. The van der Waals surface area contributed by atoms with Gasteiger partial charge in [-0.25, -0.2) is 8.61 Å². The molecule has 0 fully saturated rings. The number of carboxylic acids is 1. The van der Waals surface area contributed by atoms with Gasteiger partial charge in [0.1, 0.15) is 6.54 Å². The van der Waals surface area contributed by atoms with Gasteiger partial charge < -0.3 is 5.11 Å². The number of fused-ring (bicyclic) bond motifs is 1. The van der Waals surface area contributed by atoms with Gasteiger partial charge in [-0.3, -0.25) is 9.59 Å². The van der Waals surface area contributed by atoms with Crippen molar-refractivity contribution in [3.63, 3.8) is 0 Å². The van der Waals surface area contributed by atoms with Crippen LogP contribution in [0.4, 0.5) is 5.69 Å². The van der Waals surface area contributed by atoms with E-state index in [0.29, 0.717) is 4.31 Å². The van der Waals surface area contributed by atoms with E-state index >= 15 is 0 Å². The van der Waals surface area contributed by atoms with Crippen LogP contribution >= 0.6 is 0 Å². The molecule has 1 aliphatic rings. The highest BCUT2D eigenvalue weighted by atomic mass is 32.2. The average Bonchev–Trinajstić information content (AvgIpc) is 2.33. The standard InChI is InChI=1S/C12H14N2O5S/c1-8(2)14-12(17)9-5-3-4-6-10(9)13(7-11(15)16)20(14,18)19/h3-6,8H,7H2,1-2H3,(H,15,16). The summed E-state index contributed by atoms with van der Waals surface area (Å²) >= 11 is 0. The fourth-order valence-electron chi connectivity index (χ4n) is 2.12. The first kappa shape index (κ1) is 14.3. The van der Waals surface area contributed by atoms with E-state index in [1.807, 2.05) is 0 Å². The lowest BCUT2D eigenvalue weighted by Crippen LogP contribution is -2.55. The molecule has 0 bridgehead atoms. The van der Waals surface area contributed by atoms with E-state index in [1.54, 1.807) is 26.0 Å². The SMILES string of the molecule is CC(C)N1C(=O)c2ccccc2N(CC(=O)O)S1(=O)=O. The van der Waals surface area contributed by atoms with Crippen molar-refractivity contribution in [2.45, 2.75) is 19.9 Å². The molecule has 7 nitrogen and oxygen atoms in total. The summed E-state index contributed by atoms with van der Waals surface area (Å²) in [7, 11) is -4.18. The normalized spacial score (nSPS) is 17.2. The van der Waals surface area contributed by atoms with Gasteiger partial charge in [0.05, 0.1) is 11.3 Å². The van der Waals surface area contributed by atoms with Gasteiger partial charge in [-0.15, -0.1) is 0 Å². The Balaban J connectivity index is 2.69. The van der Waals surface area contributed by atoms with Gasteiger partial charge in [-0.05, 0) is 26.0 Å². The van der Waals surface area contributed by atoms with Gasteiger partial charge in [0.15, 0.2) is 0 Å². The molecule has 0 unspecified atom stereocenters.